The minimum Gasteiger partial charge on any atom is -0.493 e. The summed E-state index contributed by atoms with van der Waals surface area (Å²) in [5, 5.41) is 0.621. The molecule has 0 atom stereocenters. The van der Waals surface area contributed by atoms with Gasteiger partial charge in [-0.15, -0.1) is 0 Å². The van der Waals surface area contributed by atoms with Gasteiger partial charge in [-0.2, -0.15) is 0 Å². The van der Waals surface area contributed by atoms with Gasteiger partial charge in [0.25, 0.3) is 0 Å². The van der Waals surface area contributed by atoms with E-state index in [9.17, 15) is 4.79 Å². The van der Waals surface area contributed by atoms with Crippen molar-refractivity contribution in [3.8, 4) is 17.1 Å². The third kappa shape index (κ3) is 2.50. The van der Waals surface area contributed by atoms with Gasteiger partial charge in [0.15, 0.2) is 5.43 Å². The summed E-state index contributed by atoms with van der Waals surface area (Å²) < 4.78 is 11.7. The molecule has 1 aromatic heterocycles. The van der Waals surface area contributed by atoms with E-state index in [1.54, 1.807) is 6.07 Å². The first-order chi connectivity index (χ1) is 10.6. The summed E-state index contributed by atoms with van der Waals surface area (Å²) in [5.74, 6) is 1.26. The molecule has 0 saturated carbocycles. The monoisotopic (exact) mass is 294 g/mol. The van der Waals surface area contributed by atoms with E-state index in [0.29, 0.717) is 23.3 Å². The molecule has 0 aliphatic rings. The third-order valence-electron chi connectivity index (χ3n) is 3.61. The minimum absolute atomic E-state index is 0.0330. The van der Waals surface area contributed by atoms with E-state index >= 15 is 0 Å². The average Bonchev–Trinajstić information content (AvgIpc) is 2.49. The van der Waals surface area contributed by atoms with Crippen molar-refractivity contribution in [3.63, 3.8) is 0 Å². The topological polar surface area (TPSA) is 39.4 Å². The molecule has 3 heteroatoms. The smallest absolute Gasteiger partial charge is 0.193 e. The molecule has 0 amide bonds. The maximum Gasteiger partial charge on any atom is 0.193 e. The van der Waals surface area contributed by atoms with Gasteiger partial charge in [-0.1, -0.05) is 18.2 Å². The van der Waals surface area contributed by atoms with Crippen LogP contribution in [0.2, 0.25) is 0 Å². The molecule has 0 radical (unpaired) electrons. The quantitative estimate of drug-likeness (QED) is 0.715. The SMILES string of the molecule is CCOc1ccccc1-c1cc(=O)c2cc(C)cc(C)c2o1. The summed E-state index contributed by atoms with van der Waals surface area (Å²) in [6.45, 7) is 6.42. The van der Waals surface area contributed by atoms with Gasteiger partial charge in [-0.05, 0) is 50.1 Å². The van der Waals surface area contributed by atoms with Crippen LogP contribution in [0.4, 0.5) is 0 Å². The maximum atomic E-state index is 12.4. The van der Waals surface area contributed by atoms with E-state index < -0.39 is 0 Å². The molecule has 3 nitrogen and oxygen atoms in total. The number of hydrogen-bond donors (Lipinski definition) is 0. The fraction of sp³-hybridized carbons (Fsp3) is 0.211. The second kappa shape index (κ2) is 5.68. The second-order valence-corrected chi connectivity index (χ2v) is 5.36. The van der Waals surface area contributed by atoms with Crippen molar-refractivity contribution in [1.82, 2.24) is 0 Å². The van der Waals surface area contributed by atoms with Crippen LogP contribution in [-0.4, -0.2) is 6.61 Å². The van der Waals surface area contributed by atoms with Crippen LogP contribution in [0.3, 0.4) is 0 Å². The molecule has 22 heavy (non-hydrogen) atoms. The Hall–Kier alpha value is -2.55. The molecular formula is C19H18O3. The molecule has 0 fully saturated rings. The maximum absolute atomic E-state index is 12.4. The Bertz CT molecular complexity index is 891. The van der Waals surface area contributed by atoms with Gasteiger partial charge in [0.2, 0.25) is 0 Å². The van der Waals surface area contributed by atoms with Crippen molar-refractivity contribution in [2.45, 2.75) is 20.8 Å². The molecule has 2 aromatic carbocycles. The van der Waals surface area contributed by atoms with Crippen LogP contribution in [0.5, 0.6) is 5.75 Å². The largest absolute Gasteiger partial charge is 0.493 e. The van der Waals surface area contributed by atoms with Crippen LogP contribution < -0.4 is 10.2 Å². The van der Waals surface area contributed by atoms with Gasteiger partial charge in [-0.25, -0.2) is 0 Å². The van der Waals surface area contributed by atoms with Crippen molar-refractivity contribution in [3.05, 3.63) is 63.8 Å². The number of benzene rings is 2. The first kappa shape index (κ1) is 14.4. The lowest BCUT2D eigenvalue weighted by Gasteiger charge is -2.10. The number of aryl methyl sites for hydroxylation is 2. The highest BCUT2D eigenvalue weighted by molar-refractivity contribution is 5.82. The molecule has 0 spiro atoms. The van der Waals surface area contributed by atoms with Gasteiger partial charge < -0.3 is 9.15 Å². The van der Waals surface area contributed by atoms with E-state index in [4.69, 9.17) is 9.15 Å². The molecule has 1 heterocycles. The molecule has 0 bridgehead atoms. The second-order valence-electron chi connectivity index (χ2n) is 5.36. The summed E-state index contributed by atoms with van der Waals surface area (Å²) >= 11 is 0. The van der Waals surface area contributed by atoms with E-state index in [0.717, 1.165) is 22.4 Å². The third-order valence-corrected chi connectivity index (χ3v) is 3.61. The summed E-state index contributed by atoms with van der Waals surface area (Å²) in [6, 6.07) is 13.0. The minimum atomic E-state index is -0.0330. The molecule has 0 aliphatic heterocycles. The summed E-state index contributed by atoms with van der Waals surface area (Å²) in [7, 11) is 0. The number of ether oxygens (including phenoxy) is 1. The standard InChI is InChI=1S/C19H18O3/c1-4-21-17-8-6-5-7-14(17)18-11-16(20)15-10-12(2)9-13(3)19(15)22-18/h5-11H,4H2,1-3H3. The highest BCUT2D eigenvalue weighted by Crippen LogP contribution is 2.31. The zero-order chi connectivity index (χ0) is 15.7. The van der Waals surface area contributed by atoms with Crippen molar-refractivity contribution in [2.75, 3.05) is 6.61 Å². The Morgan fingerprint density at radius 3 is 2.64 bits per heavy atom. The van der Waals surface area contributed by atoms with Crippen LogP contribution in [0.15, 0.2) is 51.7 Å². The number of fused-ring (bicyclic) bond motifs is 1. The molecule has 3 aromatic rings. The van der Waals surface area contributed by atoms with Crippen LogP contribution in [0.1, 0.15) is 18.1 Å². The Morgan fingerprint density at radius 1 is 1.09 bits per heavy atom. The van der Waals surface area contributed by atoms with Crippen molar-refractivity contribution < 1.29 is 9.15 Å². The molecule has 0 saturated heterocycles. The predicted molar refractivity (Wildman–Crippen MR) is 88.6 cm³/mol. The molecule has 112 valence electrons. The number of para-hydroxylation sites is 1. The first-order valence-electron chi connectivity index (χ1n) is 7.37. The van der Waals surface area contributed by atoms with E-state index in [1.165, 1.54) is 0 Å². The zero-order valence-corrected chi connectivity index (χ0v) is 13.0. The highest BCUT2D eigenvalue weighted by Gasteiger charge is 2.12. The lowest BCUT2D eigenvalue weighted by Crippen LogP contribution is -2.02. The van der Waals surface area contributed by atoms with Crippen LogP contribution in [0, 0.1) is 13.8 Å². The Balaban J connectivity index is 2.28. The zero-order valence-electron chi connectivity index (χ0n) is 13.0. The summed E-state index contributed by atoms with van der Waals surface area (Å²) in [5.41, 5.74) is 3.42. The van der Waals surface area contributed by atoms with Gasteiger partial charge in [0.1, 0.15) is 17.1 Å². The molecule has 0 N–H and O–H groups in total. The fourth-order valence-electron chi connectivity index (χ4n) is 2.69. The number of hydrogen-bond acceptors (Lipinski definition) is 3. The van der Waals surface area contributed by atoms with Crippen molar-refractivity contribution in [1.29, 1.82) is 0 Å². The van der Waals surface area contributed by atoms with Gasteiger partial charge in [0, 0.05) is 6.07 Å². The van der Waals surface area contributed by atoms with E-state index in [2.05, 4.69) is 0 Å². The lowest BCUT2D eigenvalue weighted by atomic mass is 10.1. The van der Waals surface area contributed by atoms with Crippen molar-refractivity contribution in [2.24, 2.45) is 0 Å². The van der Waals surface area contributed by atoms with E-state index in [-0.39, 0.29) is 5.43 Å². The first-order valence-corrected chi connectivity index (χ1v) is 7.37. The van der Waals surface area contributed by atoms with Crippen LogP contribution in [-0.2, 0) is 0 Å². The predicted octanol–water partition coefficient (Wildman–Crippen LogP) is 4.48. The molecule has 3 rings (SSSR count). The molecular weight excluding hydrogens is 276 g/mol. The van der Waals surface area contributed by atoms with Crippen molar-refractivity contribution >= 4 is 11.0 Å². The molecule has 0 unspecified atom stereocenters. The summed E-state index contributed by atoms with van der Waals surface area (Å²) in [4.78, 5) is 12.4. The summed E-state index contributed by atoms with van der Waals surface area (Å²) in [6.07, 6.45) is 0. The normalized spacial score (nSPS) is 10.9. The lowest BCUT2D eigenvalue weighted by molar-refractivity contribution is 0.341. The van der Waals surface area contributed by atoms with Crippen LogP contribution >= 0.6 is 0 Å². The molecule has 0 aliphatic carbocycles. The fourth-order valence-corrected chi connectivity index (χ4v) is 2.69. The Morgan fingerprint density at radius 2 is 1.86 bits per heavy atom. The van der Waals surface area contributed by atoms with Gasteiger partial charge >= 0.3 is 0 Å². The van der Waals surface area contributed by atoms with Crippen LogP contribution in [0.25, 0.3) is 22.3 Å². The number of rotatable bonds is 3. The van der Waals surface area contributed by atoms with E-state index in [1.807, 2.05) is 57.2 Å². The highest BCUT2D eigenvalue weighted by atomic mass is 16.5. The Kier molecular flexibility index (Phi) is 3.72. The van der Waals surface area contributed by atoms with Gasteiger partial charge in [0.05, 0.1) is 17.6 Å². The average molecular weight is 294 g/mol. The van der Waals surface area contributed by atoms with Gasteiger partial charge in [-0.3, -0.25) is 4.79 Å². The Labute approximate surface area is 129 Å².